The number of thiazole rings is 1. The first kappa shape index (κ1) is 17.4. The number of nitrogens with zero attached hydrogens (tertiary/aromatic N) is 1. The molecule has 1 N–H and O–H groups in total. The standard InChI is InChI=1S/C16H18N2O3S3/c19-15(10-22-14-6-7-24(20,21)11-14)17-8-13-9-23-16(18-13)12-4-2-1-3-5-12/h1-5,9,14H,6-8,10-11H2,(H,17,19). The molecule has 0 spiro atoms. The van der Waals surface area contributed by atoms with Crippen LogP contribution in [0, 0.1) is 0 Å². The van der Waals surface area contributed by atoms with Crippen molar-refractivity contribution in [3.63, 3.8) is 0 Å². The Balaban J connectivity index is 1.44. The van der Waals surface area contributed by atoms with Gasteiger partial charge in [-0.25, -0.2) is 13.4 Å². The maximum Gasteiger partial charge on any atom is 0.230 e. The zero-order valence-corrected chi connectivity index (χ0v) is 15.4. The molecule has 2 aromatic rings. The van der Waals surface area contributed by atoms with E-state index in [1.165, 1.54) is 11.8 Å². The van der Waals surface area contributed by atoms with Gasteiger partial charge in [-0.05, 0) is 6.42 Å². The topological polar surface area (TPSA) is 76.1 Å². The molecule has 1 aliphatic heterocycles. The van der Waals surface area contributed by atoms with Gasteiger partial charge in [0.1, 0.15) is 5.01 Å². The molecular formula is C16H18N2O3S3. The second-order valence-electron chi connectivity index (χ2n) is 5.62. The van der Waals surface area contributed by atoms with E-state index in [4.69, 9.17) is 0 Å². The van der Waals surface area contributed by atoms with E-state index < -0.39 is 9.84 Å². The average Bonchev–Trinajstić information content (AvgIpc) is 3.18. The highest BCUT2D eigenvalue weighted by atomic mass is 32.2. The third-order valence-electron chi connectivity index (χ3n) is 3.68. The smallest absolute Gasteiger partial charge is 0.230 e. The number of carbonyl (C=O) groups excluding carboxylic acids is 1. The maximum atomic E-state index is 11.9. The molecule has 128 valence electrons. The van der Waals surface area contributed by atoms with Gasteiger partial charge in [0.2, 0.25) is 5.91 Å². The predicted molar refractivity (Wildman–Crippen MR) is 98.9 cm³/mol. The summed E-state index contributed by atoms with van der Waals surface area (Å²) in [7, 11) is -2.88. The molecule has 1 fully saturated rings. The van der Waals surface area contributed by atoms with Crippen molar-refractivity contribution in [2.24, 2.45) is 0 Å². The van der Waals surface area contributed by atoms with E-state index in [1.54, 1.807) is 11.3 Å². The highest BCUT2D eigenvalue weighted by molar-refractivity contribution is 8.02. The molecule has 3 rings (SSSR count). The lowest BCUT2D eigenvalue weighted by Gasteiger charge is -2.07. The second kappa shape index (κ2) is 7.67. The number of nitrogens with one attached hydrogen (secondary N) is 1. The fraction of sp³-hybridized carbons (Fsp3) is 0.375. The number of rotatable bonds is 6. The van der Waals surface area contributed by atoms with Gasteiger partial charge >= 0.3 is 0 Å². The fourth-order valence-corrected chi connectivity index (χ4v) is 6.73. The van der Waals surface area contributed by atoms with E-state index in [9.17, 15) is 13.2 Å². The summed E-state index contributed by atoms with van der Waals surface area (Å²) in [6, 6.07) is 9.92. The van der Waals surface area contributed by atoms with E-state index in [-0.39, 0.29) is 28.4 Å². The van der Waals surface area contributed by atoms with Crippen molar-refractivity contribution in [1.82, 2.24) is 10.3 Å². The number of amides is 1. The summed E-state index contributed by atoms with van der Waals surface area (Å²) in [5, 5.41) is 5.77. The van der Waals surface area contributed by atoms with Crippen molar-refractivity contribution in [2.75, 3.05) is 17.3 Å². The van der Waals surface area contributed by atoms with Gasteiger partial charge in [-0.3, -0.25) is 4.79 Å². The molecule has 24 heavy (non-hydrogen) atoms. The highest BCUT2D eigenvalue weighted by Crippen LogP contribution is 2.24. The number of aromatic nitrogens is 1. The lowest BCUT2D eigenvalue weighted by atomic mass is 10.2. The van der Waals surface area contributed by atoms with Crippen LogP contribution < -0.4 is 5.32 Å². The summed E-state index contributed by atoms with van der Waals surface area (Å²) >= 11 is 2.98. The van der Waals surface area contributed by atoms with Gasteiger partial charge in [-0.1, -0.05) is 30.3 Å². The van der Waals surface area contributed by atoms with Crippen LogP contribution in [0.1, 0.15) is 12.1 Å². The van der Waals surface area contributed by atoms with E-state index in [0.717, 1.165) is 16.3 Å². The monoisotopic (exact) mass is 382 g/mol. The number of hydrogen-bond donors (Lipinski definition) is 1. The van der Waals surface area contributed by atoms with E-state index in [1.807, 2.05) is 35.7 Å². The highest BCUT2D eigenvalue weighted by Gasteiger charge is 2.28. The van der Waals surface area contributed by atoms with E-state index >= 15 is 0 Å². The van der Waals surface area contributed by atoms with Crippen molar-refractivity contribution in [1.29, 1.82) is 0 Å². The van der Waals surface area contributed by atoms with Crippen LogP contribution in [-0.4, -0.2) is 41.8 Å². The molecule has 1 atom stereocenters. The molecule has 0 bridgehead atoms. The Labute approximate surface area is 149 Å². The molecular weight excluding hydrogens is 364 g/mol. The number of hydrogen-bond acceptors (Lipinski definition) is 6. The number of thioether (sulfide) groups is 1. The van der Waals surface area contributed by atoms with Gasteiger partial charge in [0.15, 0.2) is 9.84 Å². The van der Waals surface area contributed by atoms with Crippen LogP contribution in [0.4, 0.5) is 0 Å². The lowest BCUT2D eigenvalue weighted by Crippen LogP contribution is -2.25. The molecule has 1 saturated heterocycles. The molecule has 1 aliphatic rings. The number of carbonyl (C=O) groups is 1. The molecule has 0 saturated carbocycles. The Morgan fingerprint density at radius 1 is 1.33 bits per heavy atom. The van der Waals surface area contributed by atoms with Gasteiger partial charge < -0.3 is 5.32 Å². The van der Waals surface area contributed by atoms with Crippen LogP contribution in [0.3, 0.4) is 0 Å². The minimum absolute atomic E-state index is 0.0460. The molecule has 1 amide bonds. The SMILES string of the molecule is O=C(CSC1CCS(=O)(=O)C1)NCc1csc(-c2ccccc2)n1. The fourth-order valence-electron chi connectivity index (χ4n) is 2.43. The predicted octanol–water partition coefficient (Wildman–Crippen LogP) is 2.35. The summed E-state index contributed by atoms with van der Waals surface area (Å²) in [5.74, 6) is 0.638. The van der Waals surface area contributed by atoms with Crippen LogP contribution >= 0.6 is 23.1 Å². The quantitative estimate of drug-likeness (QED) is 0.830. The van der Waals surface area contributed by atoms with Crippen LogP contribution in [0.5, 0.6) is 0 Å². The van der Waals surface area contributed by atoms with Crippen molar-refractivity contribution in [3.8, 4) is 10.6 Å². The minimum atomic E-state index is -2.88. The second-order valence-corrected chi connectivity index (χ2v) is 10.00. The third kappa shape index (κ3) is 4.81. The first-order valence-electron chi connectivity index (χ1n) is 7.60. The maximum absolute atomic E-state index is 11.9. The molecule has 1 aromatic heterocycles. The van der Waals surface area contributed by atoms with Crippen LogP contribution in [0.15, 0.2) is 35.7 Å². The summed E-state index contributed by atoms with van der Waals surface area (Å²) in [6.45, 7) is 0.395. The Morgan fingerprint density at radius 3 is 2.83 bits per heavy atom. The van der Waals surface area contributed by atoms with Gasteiger partial charge in [0, 0.05) is 16.2 Å². The lowest BCUT2D eigenvalue weighted by molar-refractivity contribution is -0.118. The summed E-state index contributed by atoms with van der Waals surface area (Å²) in [4.78, 5) is 16.4. The van der Waals surface area contributed by atoms with Crippen molar-refractivity contribution >= 4 is 38.8 Å². The third-order valence-corrected chi connectivity index (χ3v) is 7.90. The first-order valence-corrected chi connectivity index (χ1v) is 11.4. The van der Waals surface area contributed by atoms with Gasteiger partial charge in [0.25, 0.3) is 0 Å². The largest absolute Gasteiger partial charge is 0.350 e. The normalized spacial score (nSPS) is 19.2. The Morgan fingerprint density at radius 2 is 2.12 bits per heavy atom. The summed E-state index contributed by atoms with van der Waals surface area (Å²) in [5.41, 5.74) is 1.90. The Kier molecular flexibility index (Phi) is 5.57. The summed E-state index contributed by atoms with van der Waals surface area (Å²) in [6.07, 6.45) is 0.646. The minimum Gasteiger partial charge on any atom is -0.350 e. The van der Waals surface area contributed by atoms with Crippen LogP contribution in [0.25, 0.3) is 10.6 Å². The van der Waals surface area contributed by atoms with Gasteiger partial charge in [-0.2, -0.15) is 0 Å². The molecule has 0 aliphatic carbocycles. The van der Waals surface area contributed by atoms with Gasteiger partial charge in [-0.15, -0.1) is 23.1 Å². The Bertz CT molecular complexity index is 803. The van der Waals surface area contributed by atoms with Gasteiger partial charge in [0.05, 0.1) is 29.5 Å². The average molecular weight is 383 g/mol. The molecule has 1 unspecified atom stereocenters. The molecule has 5 nitrogen and oxygen atoms in total. The van der Waals surface area contributed by atoms with E-state index in [2.05, 4.69) is 10.3 Å². The molecule has 8 heteroatoms. The number of benzene rings is 1. The Hall–Kier alpha value is -1.38. The van der Waals surface area contributed by atoms with Crippen molar-refractivity contribution in [3.05, 3.63) is 41.4 Å². The number of sulfone groups is 1. The molecule has 2 heterocycles. The zero-order chi connectivity index (χ0) is 17.0. The first-order chi connectivity index (χ1) is 11.5. The zero-order valence-electron chi connectivity index (χ0n) is 13.0. The van der Waals surface area contributed by atoms with Crippen LogP contribution in [-0.2, 0) is 21.2 Å². The van der Waals surface area contributed by atoms with Crippen LogP contribution in [0.2, 0.25) is 0 Å². The van der Waals surface area contributed by atoms with Crippen molar-refractivity contribution in [2.45, 2.75) is 18.2 Å². The summed E-state index contributed by atoms with van der Waals surface area (Å²) < 4.78 is 22.8. The molecule has 1 aromatic carbocycles. The van der Waals surface area contributed by atoms with Crippen molar-refractivity contribution < 1.29 is 13.2 Å². The molecule has 0 radical (unpaired) electrons. The van der Waals surface area contributed by atoms with E-state index in [0.29, 0.717) is 13.0 Å².